The molecule has 2 aromatic rings. The maximum absolute atomic E-state index is 10.9. The zero-order valence-corrected chi connectivity index (χ0v) is 13.0. The third kappa shape index (κ3) is 3.29. The van der Waals surface area contributed by atoms with Gasteiger partial charge in [0.1, 0.15) is 0 Å². The second-order valence-electron chi connectivity index (χ2n) is 4.30. The van der Waals surface area contributed by atoms with Crippen molar-refractivity contribution < 1.29 is 4.92 Å². The summed E-state index contributed by atoms with van der Waals surface area (Å²) in [5.74, 6) is 0. The lowest BCUT2D eigenvalue weighted by Crippen LogP contribution is -2.03. The van der Waals surface area contributed by atoms with Crippen LogP contribution in [0.25, 0.3) is 0 Å². The molecular formula is C14H12BrClN2O2. The van der Waals surface area contributed by atoms with Crippen molar-refractivity contribution in [1.29, 1.82) is 0 Å². The van der Waals surface area contributed by atoms with Crippen LogP contribution in [-0.2, 0) is 6.54 Å². The second kappa shape index (κ2) is 6.24. The molecule has 0 bridgehead atoms. The average Bonchev–Trinajstić information content (AvgIpc) is 2.39. The molecule has 0 radical (unpaired) electrons. The molecule has 0 amide bonds. The highest BCUT2D eigenvalue weighted by Crippen LogP contribution is 2.27. The Morgan fingerprint density at radius 3 is 2.75 bits per heavy atom. The van der Waals surface area contributed by atoms with E-state index in [1.54, 1.807) is 25.1 Å². The van der Waals surface area contributed by atoms with Gasteiger partial charge >= 0.3 is 0 Å². The first-order chi connectivity index (χ1) is 9.49. The first-order valence-electron chi connectivity index (χ1n) is 5.91. The molecule has 20 heavy (non-hydrogen) atoms. The number of hydrogen-bond acceptors (Lipinski definition) is 3. The highest BCUT2D eigenvalue weighted by atomic mass is 79.9. The number of rotatable bonds is 4. The minimum absolute atomic E-state index is 0.138. The fourth-order valence-corrected chi connectivity index (χ4v) is 2.71. The average molecular weight is 356 g/mol. The fraction of sp³-hybridized carbons (Fsp3) is 0.143. The maximum atomic E-state index is 10.9. The maximum Gasteiger partial charge on any atom is 0.272 e. The van der Waals surface area contributed by atoms with Gasteiger partial charge < -0.3 is 5.32 Å². The summed E-state index contributed by atoms with van der Waals surface area (Å²) in [6.45, 7) is 2.26. The summed E-state index contributed by atoms with van der Waals surface area (Å²) in [6.07, 6.45) is 0. The number of nitrogens with zero attached hydrogens (tertiary/aromatic N) is 1. The summed E-state index contributed by atoms with van der Waals surface area (Å²) in [5.41, 5.74) is 2.59. The monoisotopic (exact) mass is 354 g/mol. The molecule has 4 nitrogen and oxygen atoms in total. The van der Waals surface area contributed by atoms with Crippen molar-refractivity contribution in [1.82, 2.24) is 0 Å². The normalized spacial score (nSPS) is 10.3. The van der Waals surface area contributed by atoms with Crippen LogP contribution >= 0.6 is 27.5 Å². The van der Waals surface area contributed by atoms with Gasteiger partial charge in [0.25, 0.3) is 5.69 Å². The van der Waals surface area contributed by atoms with Gasteiger partial charge in [-0.05, 0) is 46.6 Å². The van der Waals surface area contributed by atoms with Gasteiger partial charge in [-0.25, -0.2) is 0 Å². The number of anilines is 1. The van der Waals surface area contributed by atoms with E-state index in [2.05, 4.69) is 21.2 Å². The van der Waals surface area contributed by atoms with Gasteiger partial charge in [-0.3, -0.25) is 10.1 Å². The van der Waals surface area contributed by atoms with Gasteiger partial charge in [-0.1, -0.05) is 23.7 Å². The second-order valence-corrected chi connectivity index (χ2v) is 5.59. The Morgan fingerprint density at radius 1 is 1.35 bits per heavy atom. The Hall–Kier alpha value is -1.59. The van der Waals surface area contributed by atoms with Crippen molar-refractivity contribution in [3.8, 4) is 0 Å². The van der Waals surface area contributed by atoms with E-state index in [1.807, 2.05) is 12.1 Å². The first-order valence-corrected chi connectivity index (χ1v) is 7.08. The van der Waals surface area contributed by atoms with Crippen molar-refractivity contribution >= 4 is 38.9 Å². The molecule has 2 rings (SSSR count). The molecule has 0 spiro atoms. The van der Waals surface area contributed by atoms with Gasteiger partial charge in [0.05, 0.1) is 4.92 Å². The minimum Gasteiger partial charge on any atom is -0.380 e. The van der Waals surface area contributed by atoms with Crippen LogP contribution in [0.2, 0.25) is 5.02 Å². The van der Waals surface area contributed by atoms with Crippen LogP contribution in [0.5, 0.6) is 0 Å². The number of halogens is 2. The molecule has 0 fully saturated rings. The molecule has 6 heteroatoms. The zero-order valence-electron chi connectivity index (χ0n) is 10.7. The summed E-state index contributed by atoms with van der Waals surface area (Å²) in [5, 5.41) is 14.8. The highest BCUT2D eigenvalue weighted by Gasteiger charge is 2.13. The van der Waals surface area contributed by atoms with E-state index in [4.69, 9.17) is 11.6 Å². The van der Waals surface area contributed by atoms with Crippen molar-refractivity contribution in [3.05, 3.63) is 67.1 Å². The van der Waals surface area contributed by atoms with E-state index in [0.717, 1.165) is 15.7 Å². The summed E-state index contributed by atoms with van der Waals surface area (Å²) in [4.78, 5) is 10.5. The third-order valence-electron chi connectivity index (χ3n) is 3.01. The van der Waals surface area contributed by atoms with Crippen molar-refractivity contribution in [2.75, 3.05) is 5.32 Å². The fourth-order valence-electron chi connectivity index (χ4n) is 1.88. The summed E-state index contributed by atoms with van der Waals surface area (Å²) in [6, 6.07) is 10.5. The Balaban J connectivity index is 2.19. The summed E-state index contributed by atoms with van der Waals surface area (Å²) >= 11 is 9.30. The molecule has 0 atom stereocenters. The molecule has 0 heterocycles. The third-order valence-corrected chi connectivity index (χ3v) is 3.91. The molecule has 0 saturated carbocycles. The lowest BCUT2D eigenvalue weighted by molar-refractivity contribution is -0.385. The number of nitro groups is 1. The lowest BCUT2D eigenvalue weighted by atomic mass is 10.1. The summed E-state index contributed by atoms with van der Waals surface area (Å²) < 4.78 is 0.855. The van der Waals surface area contributed by atoms with Crippen LogP contribution in [0.1, 0.15) is 11.1 Å². The lowest BCUT2D eigenvalue weighted by Gasteiger charge is -2.11. The smallest absolute Gasteiger partial charge is 0.272 e. The van der Waals surface area contributed by atoms with Gasteiger partial charge in [-0.15, -0.1) is 0 Å². The van der Waals surface area contributed by atoms with E-state index in [0.29, 0.717) is 17.1 Å². The van der Waals surface area contributed by atoms with E-state index in [1.165, 1.54) is 6.07 Å². The van der Waals surface area contributed by atoms with Gasteiger partial charge in [0.15, 0.2) is 0 Å². The van der Waals surface area contributed by atoms with Crippen LogP contribution in [0, 0.1) is 17.0 Å². The van der Waals surface area contributed by atoms with Crippen LogP contribution in [0.3, 0.4) is 0 Å². The van der Waals surface area contributed by atoms with Crippen LogP contribution < -0.4 is 5.32 Å². The van der Waals surface area contributed by atoms with Gasteiger partial charge in [-0.2, -0.15) is 0 Å². The van der Waals surface area contributed by atoms with Crippen LogP contribution in [-0.4, -0.2) is 4.92 Å². The largest absolute Gasteiger partial charge is 0.380 e. The predicted molar refractivity (Wildman–Crippen MR) is 84.3 cm³/mol. The van der Waals surface area contributed by atoms with E-state index < -0.39 is 0 Å². The van der Waals surface area contributed by atoms with Crippen molar-refractivity contribution in [3.63, 3.8) is 0 Å². The van der Waals surface area contributed by atoms with Gasteiger partial charge in [0, 0.05) is 33.4 Å². The SMILES string of the molecule is Cc1c(CNc2ccc(Cl)cc2Br)cccc1[N+](=O)[O-]. The van der Waals surface area contributed by atoms with E-state index in [9.17, 15) is 10.1 Å². The molecule has 1 N–H and O–H groups in total. The minimum atomic E-state index is -0.364. The quantitative estimate of drug-likeness (QED) is 0.625. The highest BCUT2D eigenvalue weighted by molar-refractivity contribution is 9.10. The predicted octanol–water partition coefficient (Wildman–Crippen LogP) is 4.93. The van der Waals surface area contributed by atoms with Crippen LogP contribution in [0.4, 0.5) is 11.4 Å². The molecule has 0 saturated heterocycles. The topological polar surface area (TPSA) is 55.2 Å². The zero-order chi connectivity index (χ0) is 14.7. The molecular weight excluding hydrogens is 344 g/mol. The summed E-state index contributed by atoms with van der Waals surface area (Å²) in [7, 11) is 0. The Labute approximate surface area is 130 Å². The number of nitrogens with one attached hydrogen (secondary N) is 1. The number of benzene rings is 2. The standard InChI is InChI=1S/C14H12BrClN2O2/c1-9-10(3-2-4-14(9)18(19)20)8-17-13-6-5-11(16)7-12(13)15/h2-7,17H,8H2,1H3. The van der Waals surface area contributed by atoms with Gasteiger partial charge in [0.2, 0.25) is 0 Å². The van der Waals surface area contributed by atoms with Crippen LogP contribution in [0.15, 0.2) is 40.9 Å². The Morgan fingerprint density at radius 2 is 2.10 bits per heavy atom. The first kappa shape index (κ1) is 14.8. The Kier molecular flexibility index (Phi) is 4.62. The van der Waals surface area contributed by atoms with E-state index >= 15 is 0 Å². The molecule has 0 aliphatic rings. The number of nitro benzene ring substituents is 1. The van der Waals surface area contributed by atoms with Crippen molar-refractivity contribution in [2.24, 2.45) is 0 Å². The molecule has 2 aromatic carbocycles. The molecule has 104 valence electrons. The van der Waals surface area contributed by atoms with E-state index in [-0.39, 0.29) is 10.6 Å². The molecule has 0 aliphatic heterocycles. The molecule has 0 aliphatic carbocycles. The Bertz CT molecular complexity index is 662. The number of hydrogen-bond donors (Lipinski definition) is 1. The van der Waals surface area contributed by atoms with Crippen molar-refractivity contribution in [2.45, 2.75) is 13.5 Å². The molecule has 0 unspecified atom stereocenters. The molecule has 0 aromatic heterocycles.